The molecule has 0 bridgehead atoms. The van der Waals surface area contributed by atoms with Gasteiger partial charge in [-0.25, -0.2) is 0 Å². The van der Waals surface area contributed by atoms with Gasteiger partial charge < -0.3 is 15.8 Å². The van der Waals surface area contributed by atoms with Crippen molar-refractivity contribution in [3.8, 4) is 12.3 Å². The number of ether oxygens (including phenoxy) is 1. The highest BCUT2D eigenvalue weighted by molar-refractivity contribution is 6.05. The van der Waals surface area contributed by atoms with Gasteiger partial charge in [-0.3, -0.25) is 19.5 Å². The molecule has 0 radical (unpaired) electrons. The lowest BCUT2D eigenvalue weighted by atomic mass is 9.99. The Morgan fingerprint density at radius 3 is 2.65 bits per heavy atom. The number of nitrogens with two attached hydrogens (primary N) is 1. The number of hydrogen-bond donors (Lipinski definition) is 2. The average molecular weight is 418 g/mol. The van der Waals surface area contributed by atoms with Crippen molar-refractivity contribution >= 4 is 23.4 Å². The summed E-state index contributed by atoms with van der Waals surface area (Å²) in [5.41, 5.74) is 10.2. The first kappa shape index (κ1) is 22.1. The highest BCUT2D eigenvalue weighted by Crippen LogP contribution is 2.23. The summed E-state index contributed by atoms with van der Waals surface area (Å²) in [6, 6.07) is 12.8. The second-order valence-electron chi connectivity index (χ2n) is 7.19. The first-order chi connectivity index (χ1) is 15.0. The predicted octanol–water partition coefficient (Wildman–Crippen LogP) is 2.20. The fourth-order valence-electron chi connectivity index (χ4n) is 3.43. The maximum absolute atomic E-state index is 12.6. The zero-order valence-corrected chi connectivity index (χ0v) is 17.6. The number of esters is 1. The van der Waals surface area contributed by atoms with E-state index >= 15 is 0 Å². The van der Waals surface area contributed by atoms with Gasteiger partial charge in [-0.2, -0.15) is 0 Å². The Labute approximate surface area is 182 Å². The van der Waals surface area contributed by atoms with Gasteiger partial charge in [0, 0.05) is 29.9 Å². The second-order valence-corrected chi connectivity index (χ2v) is 7.19. The van der Waals surface area contributed by atoms with Gasteiger partial charge >= 0.3 is 5.97 Å². The number of amidine groups is 1. The summed E-state index contributed by atoms with van der Waals surface area (Å²) < 4.78 is 5.03. The molecule has 1 heterocycles. The van der Waals surface area contributed by atoms with E-state index in [1.54, 1.807) is 31.2 Å². The molecule has 0 aliphatic carbocycles. The van der Waals surface area contributed by atoms with Crippen molar-refractivity contribution in [1.82, 2.24) is 4.90 Å². The number of hydrogen-bond acceptors (Lipinski definition) is 5. The van der Waals surface area contributed by atoms with Crippen molar-refractivity contribution in [2.45, 2.75) is 19.9 Å². The monoisotopic (exact) mass is 418 g/mol. The van der Waals surface area contributed by atoms with Crippen LogP contribution in [0.3, 0.4) is 0 Å². The summed E-state index contributed by atoms with van der Waals surface area (Å²) in [5, 5.41) is 2.94. The Bertz CT molecular complexity index is 1020. The van der Waals surface area contributed by atoms with Gasteiger partial charge in [0.05, 0.1) is 13.2 Å². The summed E-state index contributed by atoms with van der Waals surface area (Å²) in [6.07, 6.45) is 5.99. The molecule has 7 heteroatoms. The highest BCUT2D eigenvalue weighted by atomic mass is 16.5. The molecule has 3 N–H and O–H groups in total. The average Bonchev–Trinajstić information content (AvgIpc) is 2.77. The van der Waals surface area contributed by atoms with Crippen LogP contribution in [0.5, 0.6) is 0 Å². The molecule has 0 saturated carbocycles. The molecular weight excluding hydrogens is 392 g/mol. The van der Waals surface area contributed by atoms with Crippen molar-refractivity contribution in [2.24, 2.45) is 10.7 Å². The lowest BCUT2D eigenvalue weighted by molar-refractivity contribution is -0.144. The fraction of sp³-hybridized carbons (Fsp3) is 0.292. The standard InChI is InChI=1S/C24H26N4O3/c1-3-12-26-23(25)17-5-7-18(8-6-17)24(30)27-21-10-9-20-15-28(13-11-19(20)14-21)16-22(29)31-4-2/h1,5-10,14H,4,11-13,15-16H2,2H3,(H2,25,26)(H,27,30). The van der Waals surface area contributed by atoms with Crippen molar-refractivity contribution in [1.29, 1.82) is 0 Å². The Balaban J connectivity index is 1.62. The fourth-order valence-corrected chi connectivity index (χ4v) is 3.43. The summed E-state index contributed by atoms with van der Waals surface area (Å²) >= 11 is 0. The molecule has 1 aliphatic heterocycles. The van der Waals surface area contributed by atoms with Crippen LogP contribution in [-0.2, 0) is 22.5 Å². The lowest BCUT2D eigenvalue weighted by Crippen LogP contribution is -2.35. The summed E-state index contributed by atoms with van der Waals surface area (Å²) in [6.45, 7) is 4.16. The number of benzene rings is 2. The van der Waals surface area contributed by atoms with E-state index in [0.717, 1.165) is 24.2 Å². The molecule has 31 heavy (non-hydrogen) atoms. The number of amides is 1. The third kappa shape index (κ3) is 5.93. The van der Waals surface area contributed by atoms with Crippen molar-refractivity contribution in [2.75, 3.05) is 31.6 Å². The van der Waals surface area contributed by atoms with Crippen LogP contribution in [-0.4, -0.2) is 48.9 Å². The van der Waals surface area contributed by atoms with E-state index in [1.165, 1.54) is 5.56 Å². The number of fused-ring (bicyclic) bond motifs is 1. The van der Waals surface area contributed by atoms with Gasteiger partial charge in [0.2, 0.25) is 0 Å². The quantitative estimate of drug-likeness (QED) is 0.311. The zero-order valence-electron chi connectivity index (χ0n) is 17.6. The molecule has 0 spiro atoms. The van der Waals surface area contributed by atoms with Crippen molar-refractivity contribution in [3.63, 3.8) is 0 Å². The molecular formula is C24H26N4O3. The van der Waals surface area contributed by atoms with E-state index in [2.05, 4.69) is 21.1 Å². The van der Waals surface area contributed by atoms with E-state index in [1.807, 2.05) is 18.2 Å². The Kier molecular flexibility index (Phi) is 7.41. The van der Waals surface area contributed by atoms with E-state index in [9.17, 15) is 9.59 Å². The third-order valence-electron chi connectivity index (χ3n) is 5.00. The molecule has 2 aromatic rings. The molecule has 0 saturated heterocycles. The minimum absolute atomic E-state index is 0.203. The van der Waals surface area contributed by atoms with Gasteiger partial charge in [0.1, 0.15) is 12.4 Å². The van der Waals surface area contributed by atoms with Crippen LogP contribution in [0.25, 0.3) is 0 Å². The topological polar surface area (TPSA) is 97.0 Å². The number of carbonyl (C=O) groups excluding carboxylic acids is 2. The smallest absolute Gasteiger partial charge is 0.320 e. The van der Waals surface area contributed by atoms with Crippen LogP contribution >= 0.6 is 0 Å². The molecule has 0 unspecified atom stereocenters. The summed E-state index contributed by atoms with van der Waals surface area (Å²) in [7, 11) is 0. The highest BCUT2D eigenvalue weighted by Gasteiger charge is 2.19. The van der Waals surface area contributed by atoms with Crippen LogP contribution in [0, 0.1) is 12.3 Å². The molecule has 7 nitrogen and oxygen atoms in total. The molecule has 1 aliphatic rings. The minimum atomic E-state index is -0.204. The zero-order chi connectivity index (χ0) is 22.2. The third-order valence-corrected chi connectivity index (χ3v) is 5.00. The van der Waals surface area contributed by atoms with Crippen LogP contribution in [0.1, 0.15) is 34.0 Å². The van der Waals surface area contributed by atoms with Gasteiger partial charge in [0.15, 0.2) is 0 Å². The number of nitrogens with one attached hydrogen (secondary N) is 1. The largest absolute Gasteiger partial charge is 0.465 e. The SMILES string of the molecule is C#CCN=C(N)c1ccc(C(=O)Nc2ccc3c(c2)CCN(CC(=O)OCC)C3)cc1. The number of carbonyl (C=O) groups is 2. The summed E-state index contributed by atoms with van der Waals surface area (Å²) in [5.74, 6) is 2.34. The first-order valence-corrected chi connectivity index (χ1v) is 10.1. The molecule has 0 aromatic heterocycles. The Morgan fingerprint density at radius 1 is 1.19 bits per heavy atom. The van der Waals surface area contributed by atoms with Gasteiger partial charge in [-0.1, -0.05) is 24.1 Å². The molecule has 1 amide bonds. The molecule has 0 atom stereocenters. The number of nitrogens with zero attached hydrogens (tertiary/aromatic N) is 2. The number of terminal acetylenes is 1. The van der Waals surface area contributed by atoms with E-state index < -0.39 is 0 Å². The van der Waals surface area contributed by atoms with E-state index in [4.69, 9.17) is 16.9 Å². The molecule has 0 fully saturated rings. The van der Waals surface area contributed by atoms with Crippen molar-refractivity contribution in [3.05, 3.63) is 64.7 Å². The van der Waals surface area contributed by atoms with Crippen molar-refractivity contribution < 1.29 is 14.3 Å². The molecule has 160 valence electrons. The van der Waals surface area contributed by atoms with Crippen LogP contribution in [0.4, 0.5) is 5.69 Å². The van der Waals surface area contributed by atoms with Gasteiger partial charge in [-0.05, 0) is 48.7 Å². The Hall–Kier alpha value is -3.63. The Morgan fingerprint density at radius 2 is 1.94 bits per heavy atom. The van der Waals surface area contributed by atoms with E-state index in [0.29, 0.717) is 36.7 Å². The van der Waals surface area contributed by atoms with Crippen LogP contribution in [0.15, 0.2) is 47.5 Å². The lowest BCUT2D eigenvalue weighted by Gasteiger charge is -2.28. The van der Waals surface area contributed by atoms with Crippen LogP contribution in [0.2, 0.25) is 0 Å². The first-order valence-electron chi connectivity index (χ1n) is 10.1. The normalized spacial score (nSPS) is 13.7. The maximum atomic E-state index is 12.6. The molecule has 2 aromatic carbocycles. The maximum Gasteiger partial charge on any atom is 0.320 e. The molecule has 3 rings (SSSR count). The minimum Gasteiger partial charge on any atom is -0.465 e. The van der Waals surface area contributed by atoms with Gasteiger partial charge in [-0.15, -0.1) is 6.42 Å². The number of aliphatic imine (C=N–C) groups is 1. The number of rotatable bonds is 7. The van der Waals surface area contributed by atoms with E-state index in [-0.39, 0.29) is 18.4 Å². The van der Waals surface area contributed by atoms with Gasteiger partial charge in [0.25, 0.3) is 5.91 Å². The van der Waals surface area contributed by atoms with Crippen LogP contribution < -0.4 is 11.1 Å². The summed E-state index contributed by atoms with van der Waals surface area (Å²) in [4.78, 5) is 30.4. The second kappa shape index (κ2) is 10.4. The number of anilines is 1. The predicted molar refractivity (Wildman–Crippen MR) is 121 cm³/mol.